The van der Waals surface area contributed by atoms with Crippen LogP contribution < -0.4 is 5.56 Å². The van der Waals surface area contributed by atoms with E-state index < -0.39 is 18.3 Å². The third-order valence-corrected chi connectivity index (χ3v) is 5.05. The van der Waals surface area contributed by atoms with Crippen LogP contribution in [0.4, 0.5) is 13.2 Å². The van der Waals surface area contributed by atoms with Gasteiger partial charge in [0.1, 0.15) is 4.70 Å². The highest BCUT2D eigenvalue weighted by molar-refractivity contribution is 7.99. The van der Waals surface area contributed by atoms with Gasteiger partial charge in [-0.05, 0) is 23.6 Å². The molecule has 2 aromatic heterocycles. The number of para-hydroxylation sites is 1. The van der Waals surface area contributed by atoms with Crippen LogP contribution >= 0.6 is 23.1 Å². The zero-order valence-electron chi connectivity index (χ0n) is 12.2. The number of thioether (sulfide) groups is 1. The molecule has 0 saturated carbocycles. The molecule has 0 bridgehead atoms. The number of fused-ring (bicyclic) bond motifs is 1. The summed E-state index contributed by atoms with van der Waals surface area (Å²) >= 11 is 2.36. The number of aromatic nitrogens is 2. The van der Waals surface area contributed by atoms with Gasteiger partial charge < -0.3 is 0 Å². The zero-order chi connectivity index (χ0) is 17.1. The number of halogens is 3. The molecular formula is C16H11F3N2OS2. The van der Waals surface area contributed by atoms with Gasteiger partial charge in [-0.2, -0.15) is 8.78 Å². The highest BCUT2D eigenvalue weighted by Gasteiger charge is 2.15. The predicted octanol–water partition coefficient (Wildman–Crippen LogP) is 5.01. The van der Waals surface area contributed by atoms with Gasteiger partial charge in [-0.15, -0.1) is 11.3 Å². The number of rotatable bonds is 5. The molecule has 24 heavy (non-hydrogen) atoms. The van der Waals surface area contributed by atoms with Gasteiger partial charge in [-0.3, -0.25) is 9.36 Å². The fourth-order valence-electron chi connectivity index (χ4n) is 2.12. The third kappa shape index (κ3) is 3.39. The summed E-state index contributed by atoms with van der Waals surface area (Å²) in [6, 6.07) is 10.6. The maximum Gasteiger partial charge on any atom is 0.301 e. The molecule has 3 nitrogen and oxygen atoms in total. The van der Waals surface area contributed by atoms with E-state index in [0.29, 0.717) is 21.1 Å². The van der Waals surface area contributed by atoms with Gasteiger partial charge in [0.15, 0.2) is 11.0 Å². The molecule has 3 aromatic rings. The monoisotopic (exact) mass is 368 g/mol. The Hall–Kier alpha value is -2.06. The van der Waals surface area contributed by atoms with Gasteiger partial charge in [0, 0.05) is 12.2 Å². The van der Waals surface area contributed by atoms with Gasteiger partial charge in [0.25, 0.3) is 5.56 Å². The summed E-state index contributed by atoms with van der Waals surface area (Å²) in [5.41, 5.74) is 0.948. The summed E-state index contributed by atoms with van der Waals surface area (Å²) in [5.74, 6) is -1.38. The van der Waals surface area contributed by atoms with Crippen molar-refractivity contribution in [2.24, 2.45) is 0 Å². The van der Waals surface area contributed by atoms with Gasteiger partial charge in [0.05, 0.1) is 11.2 Å². The lowest BCUT2D eigenvalue weighted by molar-refractivity contribution is 0.373. The number of hydrogen-bond acceptors (Lipinski definition) is 4. The van der Waals surface area contributed by atoms with E-state index in [9.17, 15) is 18.0 Å². The number of benzene rings is 1. The molecule has 0 aliphatic rings. The molecular weight excluding hydrogens is 357 g/mol. The van der Waals surface area contributed by atoms with Crippen molar-refractivity contribution in [3.63, 3.8) is 0 Å². The first-order valence-corrected chi connectivity index (χ1v) is 8.82. The Bertz CT molecular complexity index is 947. The Kier molecular flexibility index (Phi) is 5.06. The Morgan fingerprint density at radius 1 is 1.17 bits per heavy atom. The van der Waals surface area contributed by atoms with Crippen molar-refractivity contribution in [2.75, 3.05) is 5.75 Å². The van der Waals surface area contributed by atoms with E-state index in [2.05, 4.69) is 4.98 Å². The van der Waals surface area contributed by atoms with Crippen LogP contribution in [-0.2, 0) is 0 Å². The minimum absolute atomic E-state index is 0.0537. The summed E-state index contributed by atoms with van der Waals surface area (Å²) in [5, 5.41) is 2.12. The first-order chi connectivity index (χ1) is 11.6. The average Bonchev–Trinajstić information content (AvgIpc) is 3.04. The molecule has 0 aliphatic heterocycles. The summed E-state index contributed by atoms with van der Waals surface area (Å²) in [7, 11) is 0. The SMILES string of the molecule is O=c1c2sccc2nc(SCCC(F)=C(F)F)n1-c1ccccc1. The molecule has 0 N–H and O–H groups in total. The number of thiophene rings is 1. The van der Waals surface area contributed by atoms with E-state index in [1.165, 1.54) is 15.9 Å². The summed E-state index contributed by atoms with van der Waals surface area (Å²) in [6.07, 6.45) is -2.73. The number of nitrogens with zero attached hydrogens (tertiary/aromatic N) is 2. The zero-order valence-corrected chi connectivity index (χ0v) is 13.8. The first-order valence-electron chi connectivity index (χ1n) is 6.96. The molecule has 0 spiro atoms. The Morgan fingerprint density at radius 3 is 2.62 bits per heavy atom. The fourth-order valence-corrected chi connectivity index (χ4v) is 3.82. The van der Waals surface area contributed by atoms with Gasteiger partial charge in [0.2, 0.25) is 0 Å². The molecule has 0 fully saturated rings. The van der Waals surface area contributed by atoms with Crippen LogP contribution in [0.5, 0.6) is 0 Å². The van der Waals surface area contributed by atoms with Crippen molar-refractivity contribution < 1.29 is 13.2 Å². The number of allylic oxidation sites excluding steroid dienone is 1. The molecule has 124 valence electrons. The number of hydrogen-bond donors (Lipinski definition) is 0. The van der Waals surface area contributed by atoms with E-state index >= 15 is 0 Å². The van der Waals surface area contributed by atoms with Crippen molar-refractivity contribution in [3.05, 3.63) is 64.0 Å². The van der Waals surface area contributed by atoms with Crippen molar-refractivity contribution in [1.29, 1.82) is 0 Å². The Labute approximate surface area is 143 Å². The maximum atomic E-state index is 13.0. The van der Waals surface area contributed by atoms with E-state index in [-0.39, 0.29) is 11.3 Å². The molecule has 0 aliphatic carbocycles. The summed E-state index contributed by atoms with van der Waals surface area (Å²) < 4.78 is 39.2. The third-order valence-electron chi connectivity index (χ3n) is 3.22. The molecule has 0 amide bonds. The largest absolute Gasteiger partial charge is 0.301 e. The van der Waals surface area contributed by atoms with Gasteiger partial charge in [-0.25, -0.2) is 9.37 Å². The standard InChI is InChI=1S/C16H11F3N2OS2/c17-11(14(18)19)6-8-24-16-20-12-7-9-23-13(12)15(22)21(16)10-4-2-1-3-5-10/h1-5,7,9H,6,8H2. The van der Waals surface area contributed by atoms with E-state index in [0.717, 1.165) is 11.8 Å². The van der Waals surface area contributed by atoms with Crippen LogP contribution in [-0.4, -0.2) is 15.3 Å². The van der Waals surface area contributed by atoms with Crippen LogP contribution in [0.25, 0.3) is 15.9 Å². The molecule has 0 radical (unpaired) electrons. The summed E-state index contributed by atoms with van der Waals surface area (Å²) in [4.78, 5) is 17.2. The van der Waals surface area contributed by atoms with E-state index in [4.69, 9.17) is 0 Å². The lowest BCUT2D eigenvalue weighted by atomic mass is 10.3. The predicted molar refractivity (Wildman–Crippen MR) is 90.9 cm³/mol. The highest BCUT2D eigenvalue weighted by atomic mass is 32.2. The van der Waals surface area contributed by atoms with Crippen LogP contribution in [0.3, 0.4) is 0 Å². The lowest BCUT2D eigenvalue weighted by Crippen LogP contribution is -2.20. The molecule has 3 rings (SSSR count). The van der Waals surface area contributed by atoms with Crippen LogP contribution in [0, 0.1) is 0 Å². The van der Waals surface area contributed by atoms with Crippen molar-refractivity contribution in [2.45, 2.75) is 11.6 Å². The average molecular weight is 368 g/mol. The normalized spacial score (nSPS) is 11.0. The quantitative estimate of drug-likeness (QED) is 0.469. The molecule has 0 atom stereocenters. The van der Waals surface area contributed by atoms with Gasteiger partial charge >= 0.3 is 6.08 Å². The highest BCUT2D eigenvalue weighted by Crippen LogP contribution is 2.25. The minimum atomic E-state index is -2.31. The Morgan fingerprint density at radius 2 is 1.92 bits per heavy atom. The van der Waals surface area contributed by atoms with Crippen LogP contribution in [0.15, 0.2) is 63.6 Å². The minimum Gasteiger partial charge on any atom is -0.267 e. The Balaban J connectivity index is 2.02. The molecule has 0 unspecified atom stereocenters. The fraction of sp³-hybridized carbons (Fsp3) is 0.125. The maximum absolute atomic E-state index is 13.0. The second kappa shape index (κ2) is 7.23. The lowest BCUT2D eigenvalue weighted by Gasteiger charge is -2.11. The molecule has 0 saturated heterocycles. The first kappa shape index (κ1) is 16.8. The van der Waals surface area contributed by atoms with E-state index in [1.54, 1.807) is 35.7 Å². The molecule has 8 heteroatoms. The molecule has 2 heterocycles. The molecule has 1 aromatic carbocycles. The van der Waals surface area contributed by atoms with Gasteiger partial charge in [-0.1, -0.05) is 30.0 Å². The van der Waals surface area contributed by atoms with Crippen LogP contribution in [0.2, 0.25) is 0 Å². The summed E-state index contributed by atoms with van der Waals surface area (Å²) in [6.45, 7) is 0. The topological polar surface area (TPSA) is 34.9 Å². The van der Waals surface area contributed by atoms with E-state index in [1.807, 2.05) is 6.07 Å². The second-order valence-electron chi connectivity index (χ2n) is 4.77. The smallest absolute Gasteiger partial charge is 0.267 e. The van der Waals surface area contributed by atoms with Crippen LogP contribution in [0.1, 0.15) is 6.42 Å². The van der Waals surface area contributed by atoms with Crippen molar-refractivity contribution >= 4 is 33.3 Å². The van der Waals surface area contributed by atoms with Crippen molar-refractivity contribution in [1.82, 2.24) is 9.55 Å². The second-order valence-corrected chi connectivity index (χ2v) is 6.75. The van der Waals surface area contributed by atoms with Crippen molar-refractivity contribution in [3.8, 4) is 5.69 Å².